The van der Waals surface area contributed by atoms with Crippen molar-refractivity contribution < 1.29 is 4.74 Å². The number of benzene rings is 1. The van der Waals surface area contributed by atoms with Crippen LogP contribution in [0, 0.1) is 13.8 Å². The lowest BCUT2D eigenvalue weighted by molar-refractivity contribution is 0.0103. The minimum Gasteiger partial charge on any atom is -0.374 e. The average Bonchev–Trinajstić information content (AvgIpc) is 2.41. The Morgan fingerprint density at radius 3 is 2.84 bits per heavy atom. The highest BCUT2D eigenvalue weighted by Gasteiger charge is 2.15. The van der Waals surface area contributed by atoms with E-state index >= 15 is 0 Å². The van der Waals surface area contributed by atoms with E-state index < -0.39 is 0 Å². The van der Waals surface area contributed by atoms with E-state index in [0.29, 0.717) is 6.10 Å². The van der Waals surface area contributed by atoms with E-state index in [-0.39, 0.29) is 0 Å². The summed E-state index contributed by atoms with van der Waals surface area (Å²) in [5.41, 5.74) is 4.19. The number of aryl methyl sites for hydroxylation is 2. The van der Waals surface area contributed by atoms with Crippen molar-refractivity contribution in [3.05, 3.63) is 34.9 Å². The lowest BCUT2D eigenvalue weighted by Gasteiger charge is -2.28. The predicted molar refractivity (Wildman–Crippen MR) is 79.7 cm³/mol. The summed E-state index contributed by atoms with van der Waals surface area (Å²) < 4.78 is 5.73. The molecule has 1 atom stereocenters. The quantitative estimate of drug-likeness (QED) is 0.875. The van der Waals surface area contributed by atoms with Gasteiger partial charge in [0.25, 0.3) is 0 Å². The second-order valence-corrected chi connectivity index (χ2v) is 5.63. The number of rotatable bonds is 5. The molecule has 0 aliphatic carbocycles. The van der Waals surface area contributed by atoms with Gasteiger partial charge in [0.1, 0.15) is 0 Å². The first-order valence-electron chi connectivity index (χ1n) is 7.22. The normalized spacial score (nSPS) is 19.9. The second-order valence-electron chi connectivity index (χ2n) is 5.63. The van der Waals surface area contributed by atoms with Crippen LogP contribution in [0.1, 0.15) is 16.7 Å². The summed E-state index contributed by atoms with van der Waals surface area (Å²) in [6.45, 7) is 9.26. The highest BCUT2D eigenvalue weighted by Crippen LogP contribution is 2.10. The fourth-order valence-electron chi connectivity index (χ4n) is 2.45. The smallest absolute Gasteiger partial charge is 0.0826 e. The molecule has 1 unspecified atom stereocenters. The predicted octanol–water partition coefficient (Wildman–Crippen LogP) is 1.77. The van der Waals surface area contributed by atoms with Gasteiger partial charge in [-0.05, 0) is 44.0 Å². The van der Waals surface area contributed by atoms with Crippen LogP contribution in [0.2, 0.25) is 0 Å². The van der Waals surface area contributed by atoms with Gasteiger partial charge in [-0.15, -0.1) is 0 Å². The van der Waals surface area contributed by atoms with Crippen LogP contribution in [0.5, 0.6) is 0 Å². The summed E-state index contributed by atoms with van der Waals surface area (Å²) in [5.74, 6) is 0. The maximum Gasteiger partial charge on any atom is 0.0826 e. The SMILES string of the molecule is Cc1ccc(CCN(C)CC2CNCCO2)cc1C. The minimum atomic E-state index is 0.346. The minimum absolute atomic E-state index is 0.346. The third-order valence-corrected chi connectivity index (χ3v) is 3.87. The zero-order valence-corrected chi connectivity index (χ0v) is 12.4. The molecule has 0 radical (unpaired) electrons. The monoisotopic (exact) mass is 262 g/mol. The van der Waals surface area contributed by atoms with Crippen molar-refractivity contribution in [2.75, 3.05) is 39.8 Å². The van der Waals surface area contributed by atoms with Crippen LogP contribution in [-0.2, 0) is 11.2 Å². The standard InChI is InChI=1S/C16H26N2O/c1-13-4-5-15(10-14(13)2)6-8-18(3)12-16-11-17-7-9-19-16/h4-5,10,16-17H,6-9,11-12H2,1-3H3. The number of ether oxygens (including phenoxy) is 1. The highest BCUT2D eigenvalue weighted by atomic mass is 16.5. The van der Waals surface area contributed by atoms with Gasteiger partial charge < -0.3 is 15.0 Å². The molecular weight excluding hydrogens is 236 g/mol. The van der Waals surface area contributed by atoms with Crippen molar-refractivity contribution in [3.8, 4) is 0 Å². The molecule has 0 bridgehead atoms. The molecule has 19 heavy (non-hydrogen) atoms. The Morgan fingerprint density at radius 1 is 1.32 bits per heavy atom. The molecule has 0 amide bonds. The van der Waals surface area contributed by atoms with Crippen molar-refractivity contribution >= 4 is 0 Å². The Hall–Kier alpha value is -0.900. The van der Waals surface area contributed by atoms with Crippen LogP contribution in [0.4, 0.5) is 0 Å². The molecule has 1 aromatic rings. The first kappa shape index (κ1) is 14.5. The molecule has 1 aromatic carbocycles. The molecule has 2 rings (SSSR count). The fourth-order valence-corrected chi connectivity index (χ4v) is 2.45. The van der Waals surface area contributed by atoms with Gasteiger partial charge in [0.05, 0.1) is 12.7 Å². The maximum atomic E-state index is 5.73. The first-order valence-corrected chi connectivity index (χ1v) is 7.22. The summed E-state index contributed by atoms with van der Waals surface area (Å²) in [6, 6.07) is 6.77. The van der Waals surface area contributed by atoms with Crippen molar-refractivity contribution in [1.29, 1.82) is 0 Å². The summed E-state index contributed by atoms with van der Waals surface area (Å²) in [5, 5.41) is 3.38. The molecule has 3 heteroatoms. The number of nitrogens with one attached hydrogen (secondary N) is 1. The molecule has 1 fully saturated rings. The van der Waals surface area contributed by atoms with E-state index in [0.717, 1.165) is 39.2 Å². The van der Waals surface area contributed by atoms with Gasteiger partial charge in [-0.2, -0.15) is 0 Å². The van der Waals surface area contributed by atoms with Crippen LogP contribution in [-0.4, -0.2) is 50.8 Å². The largest absolute Gasteiger partial charge is 0.374 e. The zero-order valence-electron chi connectivity index (χ0n) is 12.4. The maximum absolute atomic E-state index is 5.73. The molecule has 3 nitrogen and oxygen atoms in total. The summed E-state index contributed by atoms with van der Waals surface area (Å²) in [4.78, 5) is 2.37. The van der Waals surface area contributed by atoms with Crippen LogP contribution in [0.25, 0.3) is 0 Å². The summed E-state index contributed by atoms with van der Waals surface area (Å²) >= 11 is 0. The number of nitrogens with zero attached hydrogens (tertiary/aromatic N) is 1. The molecular formula is C16H26N2O. The van der Waals surface area contributed by atoms with E-state index in [4.69, 9.17) is 4.74 Å². The Morgan fingerprint density at radius 2 is 2.16 bits per heavy atom. The van der Waals surface area contributed by atoms with Gasteiger partial charge in [0.2, 0.25) is 0 Å². The van der Waals surface area contributed by atoms with E-state index in [1.165, 1.54) is 16.7 Å². The zero-order chi connectivity index (χ0) is 13.7. The summed E-state index contributed by atoms with van der Waals surface area (Å²) in [6.07, 6.45) is 1.45. The topological polar surface area (TPSA) is 24.5 Å². The molecule has 1 saturated heterocycles. The van der Waals surface area contributed by atoms with Crippen LogP contribution < -0.4 is 5.32 Å². The van der Waals surface area contributed by atoms with Gasteiger partial charge in [-0.1, -0.05) is 18.2 Å². The molecule has 0 aromatic heterocycles. The molecule has 106 valence electrons. The number of hydrogen-bond donors (Lipinski definition) is 1. The molecule has 0 saturated carbocycles. The molecule has 0 spiro atoms. The Bertz CT molecular complexity index is 400. The average molecular weight is 262 g/mol. The molecule has 1 aliphatic rings. The van der Waals surface area contributed by atoms with E-state index in [2.05, 4.69) is 49.3 Å². The lowest BCUT2D eigenvalue weighted by Crippen LogP contribution is -2.44. The van der Waals surface area contributed by atoms with Crippen molar-refractivity contribution in [2.45, 2.75) is 26.4 Å². The van der Waals surface area contributed by atoms with Gasteiger partial charge in [-0.3, -0.25) is 0 Å². The van der Waals surface area contributed by atoms with Crippen molar-refractivity contribution in [2.24, 2.45) is 0 Å². The van der Waals surface area contributed by atoms with Crippen LogP contribution in [0.3, 0.4) is 0 Å². The Balaban J connectivity index is 1.75. The molecule has 1 N–H and O–H groups in total. The van der Waals surface area contributed by atoms with Gasteiger partial charge >= 0.3 is 0 Å². The van der Waals surface area contributed by atoms with E-state index in [1.54, 1.807) is 0 Å². The van der Waals surface area contributed by atoms with Crippen molar-refractivity contribution in [1.82, 2.24) is 10.2 Å². The van der Waals surface area contributed by atoms with Gasteiger partial charge in [0, 0.05) is 26.2 Å². The molecule has 1 aliphatic heterocycles. The second kappa shape index (κ2) is 7.04. The van der Waals surface area contributed by atoms with Gasteiger partial charge in [-0.25, -0.2) is 0 Å². The van der Waals surface area contributed by atoms with Crippen molar-refractivity contribution in [3.63, 3.8) is 0 Å². The number of hydrogen-bond acceptors (Lipinski definition) is 3. The fraction of sp³-hybridized carbons (Fsp3) is 0.625. The third-order valence-electron chi connectivity index (χ3n) is 3.87. The number of morpholine rings is 1. The van der Waals surface area contributed by atoms with Crippen LogP contribution >= 0.6 is 0 Å². The summed E-state index contributed by atoms with van der Waals surface area (Å²) in [7, 11) is 2.18. The van der Waals surface area contributed by atoms with Gasteiger partial charge in [0.15, 0.2) is 0 Å². The van der Waals surface area contributed by atoms with E-state index in [9.17, 15) is 0 Å². The van der Waals surface area contributed by atoms with Crippen LogP contribution in [0.15, 0.2) is 18.2 Å². The third kappa shape index (κ3) is 4.60. The number of likely N-dealkylation sites (N-methyl/N-ethyl adjacent to an activating group) is 1. The Labute approximate surface area is 116 Å². The Kier molecular flexibility index (Phi) is 5.37. The molecule has 1 heterocycles. The highest BCUT2D eigenvalue weighted by molar-refractivity contribution is 5.30. The lowest BCUT2D eigenvalue weighted by atomic mass is 10.0. The van der Waals surface area contributed by atoms with E-state index in [1.807, 2.05) is 0 Å². The first-order chi connectivity index (χ1) is 9.15.